The number of pyridine rings is 1. The summed E-state index contributed by atoms with van der Waals surface area (Å²) in [4.78, 5) is 8.79. The molecule has 0 saturated heterocycles. The van der Waals surface area contributed by atoms with E-state index in [9.17, 15) is 0 Å². The summed E-state index contributed by atoms with van der Waals surface area (Å²) in [5.74, 6) is 0. The summed E-state index contributed by atoms with van der Waals surface area (Å²) >= 11 is 0. The van der Waals surface area contributed by atoms with Gasteiger partial charge >= 0.3 is 0 Å². The van der Waals surface area contributed by atoms with Gasteiger partial charge in [-0.15, -0.1) is 0 Å². The normalized spacial score (nSPS) is 14.1. The fraction of sp³-hybridized carbons (Fsp3) is 0.455. The predicted molar refractivity (Wildman–Crippen MR) is 59.7 cm³/mol. The Morgan fingerprint density at radius 2 is 2.36 bits per heavy atom. The molecule has 1 atom stereocenters. The average molecular weight is 191 g/mol. The maximum Gasteiger partial charge on any atom is 0.0891 e. The third-order valence-electron chi connectivity index (χ3n) is 1.96. The zero-order chi connectivity index (χ0) is 10.4. The summed E-state index contributed by atoms with van der Waals surface area (Å²) in [5, 5.41) is 3.07. The van der Waals surface area contributed by atoms with Crippen LogP contribution < -0.4 is 5.32 Å². The molecule has 1 N–H and O–H groups in total. The van der Waals surface area contributed by atoms with Gasteiger partial charge in [-0.3, -0.25) is 9.98 Å². The molecule has 1 rings (SSSR count). The molecule has 0 aliphatic heterocycles. The first kappa shape index (κ1) is 10.9. The highest BCUT2D eigenvalue weighted by Crippen LogP contribution is 2.12. The van der Waals surface area contributed by atoms with Gasteiger partial charge in [-0.05, 0) is 33.0 Å². The molecule has 0 spiro atoms. The molecule has 3 nitrogen and oxygen atoms in total. The van der Waals surface area contributed by atoms with Crippen molar-refractivity contribution in [2.75, 3.05) is 13.6 Å². The van der Waals surface area contributed by atoms with Gasteiger partial charge in [0.25, 0.3) is 0 Å². The smallest absolute Gasteiger partial charge is 0.0891 e. The number of aromatic nitrogens is 1. The lowest BCUT2D eigenvalue weighted by molar-refractivity contribution is 0.774. The van der Waals surface area contributed by atoms with E-state index < -0.39 is 0 Å². The molecule has 1 aromatic heterocycles. The Labute approximate surface area is 85.3 Å². The minimum atomic E-state index is 0.143. The van der Waals surface area contributed by atoms with Crippen molar-refractivity contribution in [2.45, 2.75) is 19.9 Å². The highest BCUT2D eigenvalue weighted by molar-refractivity contribution is 5.84. The SMILES string of the molecule is CNCC(C)=NC(C)c1ccccn1. The van der Waals surface area contributed by atoms with Gasteiger partial charge in [-0.2, -0.15) is 0 Å². The van der Waals surface area contributed by atoms with E-state index in [1.54, 1.807) is 6.20 Å². The molecule has 3 heteroatoms. The van der Waals surface area contributed by atoms with Gasteiger partial charge in [0.2, 0.25) is 0 Å². The monoisotopic (exact) mass is 191 g/mol. The van der Waals surface area contributed by atoms with Crippen LogP contribution in [0.5, 0.6) is 0 Å². The Hall–Kier alpha value is -1.22. The molecular weight excluding hydrogens is 174 g/mol. The van der Waals surface area contributed by atoms with Crippen molar-refractivity contribution in [3.8, 4) is 0 Å². The topological polar surface area (TPSA) is 37.3 Å². The second kappa shape index (κ2) is 5.50. The van der Waals surface area contributed by atoms with Crippen LogP contribution in [0.4, 0.5) is 0 Å². The van der Waals surface area contributed by atoms with E-state index in [2.05, 4.69) is 22.2 Å². The van der Waals surface area contributed by atoms with Crippen LogP contribution in [0.1, 0.15) is 25.6 Å². The minimum Gasteiger partial charge on any atom is -0.315 e. The molecule has 0 saturated carbocycles. The fourth-order valence-electron chi connectivity index (χ4n) is 1.32. The number of nitrogens with one attached hydrogen (secondary N) is 1. The number of hydrogen-bond acceptors (Lipinski definition) is 3. The van der Waals surface area contributed by atoms with Crippen molar-refractivity contribution in [2.24, 2.45) is 4.99 Å². The zero-order valence-corrected chi connectivity index (χ0v) is 8.99. The molecule has 1 unspecified atom stereocenters. The summed E-state index contributed by atoms with van der Waals surface area (Å²) < 4.78 is 0. The summed E-state index contributed by atoms with van der Waals surface area (Å²) in [6.45, 7) is 4.91. The number of aliphatic imine (C=N–C) groups is 1. The summed E-state index contributed by atoms with van der Waals surface area (Å²) in [6.07, 6.45) is 1.80. The Balaban J connectivity index is 2.67. The Kier molecular flexibility index (Phi) is 4.26. The molecule has 14 heavy (non-hydrogen) atoms. The highest BCUT2D eigenvalue weighted by Gasteiger charge is 2.03. The molecule has 0 aliphatic rings. The zero-order valence-electron chi connectivity index (χ0n) is 8.99. The summed E-state index contributed by atoms with van der Waals surface area (Å²) in [7, 11) is 1.92. The molecular formula is C11H17N3. The maximum absolute atomic E-state index is 4.53. The molecule has 0 bridgehead atoms. The van der Waals surface area contributed by atoms with Crippen molar-refractivity contribution in [1.29, 1.82) is 0 Å². The molecule has 1 heterocycles. The van der Waals surface area contributed by atoms with Gasteiger partial charge in [0.15, 0.2) is 0 Å². The third-order valence-corrected chi connectivity index (χ3v) is 1.96. The minimum absolute atomic E-state index is 0.143. The van der Waals surface area contributed by atoms with Crippen LogP contribution in [0.2, 0.25) is 0 Å². The van der Waals surface area contributed by atoms with Gasteiger partial charge in [0.1, 0.15) is 0 Å². The van der Waals surface area contributed by atoms with Crippen molar-refractivity contribution in [3.05, 3.63) is 30.1 Å². The Bertz CT molecular complexity index is 293. The molecule has 0 radical (unpaired) electrons. The van der Waals surface area contributed by atoms with Crippen LogP contribution in [-0.2, 0) is 0 Å². The van der Waals surface area contributed by atoms with Crippen molar-refractivity contribution in [1.82, 2.24) is 10.3 Å². The first-order chi connectivity index (χ1) is 6.74. The lowest BCUT2D eigenvalue weighted by Gasteiger charge is -2.07. The van der Waals surface area contributed by atoms with Crippen LogP contribution in [0.25, 0.3) is 0 Å². The van der Waals surface area contributed by atoms with Gasteiger partial charge in [0.05, 0.1) is 11.7 Å². The van der Waals surface area contributed by atoms with Crippen molar-refractivity contribution < 1.29 is 0 Å². The van der Waals surface area contributed by atoms with Crippen LogP contribution in [0.3, 0.4) is 0 Å². The molecule has 1 aromatic rings. The number of hydrogen-bond donors (Lipinski definition) is 1. The van der Waals surface area contributed by atoms with Crippen LogP contribution >= 0.6 is 0 Å². The van der Waals surface area contributed by atoms with Crippen molar-refractivity contribution >= 4 is 5.71 Å². The summed E-state index contributed by atoms with van der Waals surface area (Å²) in [5.41, 5.74) is 2.12. The van der Waals surface area contributed by atoms with Gasteiger partial charge < -0.3 is 5.32 Å². The van der Waals surface area contributed by atoms with Gasteiger partial charge in [-0.25, -0.2) is 0 Å². The van der Waals surface area contributed by atoms with Crippen LogP contribution in [0, 0.1) is 0 Å². The van der Waals surface area contributed by atoms with E-state index in [0.717, 1.165) is 18.0 Å². The van der Waals surface area contributed by atoms with E-state index in [-0.39, 0.29) is 6.04 Å². The lowest BCUT2D eigenvalue weighted by atomic mass is 10.2. The van der Waals surface area contributed by atoms with Crippen LogP contribution in [-0.4, -0.2) is 24.3 Å². The lowest BCUT2D eigenvalue weighted by Crippen LogP contribution is -2.16. The predicted octanol–water partition coefficient (Wildman–Crippen LogP) is 1.82. The first-order valence-electron chi connectivity index (χ1n) is 4.83. The van der Waals surface area contributed by atoms with E-state index in [0.29, 0.717) is 0 Å². The first-order valence-corrected chi connectivity index (χ1v) is 4.83. The Morgan fingerprint density at radius 3 is 2.93 bits per heavy atom. The van der Waals surface area contributed by atoms with Crippen molar-refractivity contribution in [3.63, 3.8) is 0 Å². The number of nitrogens with zero attached hydrogens (tertiary/aromatic N) is 2. The summed E-state index contributed by atoms with van der Waals surface area (Å²) in [6, 6.07) is 6.05. The quantitative estimate of drug-likeness (QED) is 0.737. The molecule has 76 valence electrons. The standard InChI is InChI=1S/C11H17N3/c1-9(8-12-3)14-10(2)11-6-4-5-7-13-11/h4-7,10,12H,8H2,1-3H3. The second-order valence-corrected chi connectivity index (χ2v) is 3.33. The third kappa shape index (κ3) is 3.26. The van der Waals surface area contributed by atoms with Gasteiger partial charge in [-0.1, -0.05) is 6.07 Å². The largest absolute Gasteiger partial charge is 0.315 e. The van der Waals surface area contributed by atoms with E-state index in [1.165, 1.54) is 0 Å². The van der Waals surface area contributed by atoms with E-state index in [4.69, 9.17) is 0 Å². The number of rotatable bonds is 4. The fourth-order valence-corrected chi connectivity index (χ4v) is 1.32. The maximum atomic E-state index is 4.53. The molecule has 0 fully saturated rings. The van der Waals surface area contributed by atoms with E-state index >= 15 is 0 Å². The molecule has 0 aromatic carbocycles. The molecule has 0 aliphatic carbocycles. The average Bonchev–Trinajstić information content (AvgIpc) is 2.19. The van der Waals surface area contributed by atoms with E-state index in [1.807, 2.05) is 32.2 Å². The second-order valence-electron chi connectivity index (χ2n) is 3.33. The van der Waals surface area contributed by atoms with Crippen LogP contribution in [0.15, 0.2) is 29.4 Å². The highest BCUT2D eigenvalue weighted by atomic mass is 14.9. The Morgan fingerprint density at radius 1 is 1.57 bits per heavy atom. The van der Waals surface area contributed by atoms with Gasteiger partial charge in [0, 0.05) is 18.5 Å². The molecule has 0 amide bonds.